The van der Waals surface area contributed by atoms with E-state index in [2.05, 4.69) is 4.98 Å². The van der Waals surface area contributed by atoms with E-state index in [-0.39, 0.29) is 30.0 Å². The van der Waals surface area contributed by atoms with E-state index in [1.54, 1.807) is 6.07 Å². The lowest BCUT2D eigenvalue weighted by Gasteiger charge is -2.25. The van der Waals surface area contributed by atoms with Gasteiger partial charge >= 0.3 is 12.1 Å². The van der Waals surface area contributed by atoms with Gasteiger partial charge < -0.3 is 14.9 Å². The summed E-state index contributed by atoms with van der Waals surface area (Å²) in [6, 6.07) is 8.12. The molecule has 2 heterocycles. The van der Waals surface area contributed by atoms with Gasteiger partial charge in [-0.2, -0.15) is 13.2 Å². The molecule has 1 aliphatic heterocycles. The summed E-state index contributed by atoms with van der Waals surface area (Å²) in [6.07, 6.45) is -2.78. The first kappa shape index (κ1) is 19.7. The number of pyridine rings is 1. The van der Waals surface area contributed by atoms with Crippen LogP contribution in [0, 0.1) is 0 Å². The Morgan fingerprint density at radius 3 is 2.36 bits per heavy atom. The van der Waals surface area contributed by atoms with Crippen molar-refractivity contribution in [1.29, 1.82) is 0 Å². The van der Waals surface area contributed by atoms with Crippen molar-refractivity contribution >= 4 is 17.7 Å². The maximum absolute atomic E-state index is 13.3. The molecule has 0 bridgehead atoms. The Balaban J connectivity index is 1.80. The summed E-state index contributed by atoms with van der Waals surface area (Å²) in [6.45, 7) is 0.962. The van der Waals surface area contributed by atoms with Crippen molar-refractivity contribution < 1.29 is 27.9 Å². The highest BCUT2D eigenvalue weighted by Crippen LogP contribution is 2.35. The molecule has 1 amide bonds. The summed E-state index contributed by atoms with van der Waals surface area (Å²) in [7, 11) is 0. The molecule has 0 spiro atoms. The first-order chi connectivity index (χ1) is 13.3. The molecule has 1 aromatic carbocycles. The van der Waals surface area contributed by atoms with Crippen LogP contribution in [0.3, 0.4) is 0 Å². The zero-order valence-electron chi connectivity index (χ0n) is 14.8. The van der Waals surface area contributed by atoms with Crippen LogP contribution >= 0.6 is 0 Å². The van der Waals surface area contributed by atoms with Crippen molar-refractivity contribution in [2.45, 2.75) is 12.6 Å². The van der Waals surface area contributed by atoms with E-state index in [1.165, 1.54) is 40.3 Å². The topological polar surface area (TPSA) is 73.7 Å². The van der Waals surface area contributed by atoms with Gasteiger partial charge in [0.15, 0.2) is 0 Å². The van der Waals surface area contributed by atoms with Gasteiger partial charge in [-0.15, -0.1) is 0 Å². The average molecular weight is 393 g/mol. The number of aromatic carboxylic acids is 1. The van der Waals surface area contributed by atoms with Gasteiger partial charge in [-0.05, 0) is 30.7 Å². The predicted molar refractivity (Wildman–Crippen MR) is 95.4 cm³/mol. The number of hydrogen-bond donors (Lipinski definition) is 1. The molecule has 28 heavy (non-hydrogen) atoms. The third kappa shape index (κ3) is 4.08. The summed E-state index contributed by atoms with van der Waals surface area (Å²) in [5.74, 6) is -1.81. The fourth-order valence-corrected chi connectivity index (χ4v) is 3.23. The van der Waals surface area contributed by atoms with Gasteiger partial charge in [0.2, 0.25) is 0 Å². The molecule has 0 atom stereocenters. The molecular weight excluding hydrogens is 375 g/mol. The second-order valence-electron chi connectivity index (χ2n) is 6.36. The van der Waals surface area contributed by atoms with Crippen molar-refractivity contribution in [3.8, 4) is 0 Å². The number of nitrogens with zero attached hydrogens (tertiary/aromatic N) is 3. The first-order valence-electron chi connectivity index (χ1n) is 8.68. The Labute approximate surface area is 159 Å². The molecule has 2 aromatic rings. The van der Waals surface area contributed by atoms with Crippen LogP contribution in [0.5, 0.6) is 0 Å². The van der Waals surface area contributed by atoms with Crippen LogP contribution in [-0.2, 0) is 6.18 Å². The Bertz CT molecular complexity index is 886. The van der Waals surface area contributed by atoms with Crippen LogP contribution in [0.25, 0.3) is 0 Å². The number of benzene rings is 1. The second kappa shape index (κ2) is 7.87. The number of carbonyl (C=O) groups excluding carboxylic acids is 1. The molecule has 1 N–H and O–H groups in total. The Morgan fingerprint density at radius 1 is 0.964 bits per heavy atom. The molecule has 1 fully saturated rings. The highest BCUT2D eigenvalue weighted by molar-refractivity contribution is 6.04. The standard InChI is InChI=1S/C19H18F3N3O3/c20-19(21,22)15-7-3-8-23-16(15)24-9-4-10-25(12-11-24)17(26)13-5-1-2-6-14(13)18(27)28/h1-3,5-8H,4,9-12H2,(H,27,28). The highest BCUT2D eigenvalue weighted by atomic mass is 19.4. The van der Waals surface area contributed by atoms with Gasteiger partial charge in [0, 0.05) is 32.4 Å². The third-order valence-corrected chi connectivity index (χ3v) is 4.56. The monoisotopic (exact) mass is 393 g/mol. The zero-order valence-corrected chi connectivity index (χ0v) is 14.8. The molecule has 6 nitrogen and oxygen atoms in total. The molecule has 3 rings (SSSR count). The van der Waals surface area contributed by atoms with E-state index in [1.807, 2.05) is 0 Å². The molecule has 0 saturated carbocycles. The number of amides is 1. The Kier molecular flexibility index (Phi) is 5.53. The number of carboxylic acids is 1. The number of hydrogen-bond acceptors (Lipinski definition) is 4. The Morgan fingerprint density at radius 2 is 1.68 bits per heavy atom. The van der Waals surface area contributed by atoms with Crippen LogP contribution in [0.15, 0.2) is 42.6 Å². The van der Waals surface area contributed by atoms with E-state index in [9.17, 15) is 27.9 Å². The molecule has 0 radical (unpaired) electrons. The molecule has 9 heteroatoms. The molecule has 0 aliphatic carbocycles. The largest absolute Gasteiger partial charge is 0.478 e. The predicted octanol–water partition coefficient (Wildman–Crippen LogP) is 3.15. The van der Waals surface area contributed by atoms with Gasteiger partial charge in [-0.1, -0.05) is 12.1 Å². The van der Waals surface area contributed by atoms with E-state index >= 15 is 0 Å². The number of halogens is 3. The second-order valence-corrected chi connectivity index (χ2v) is 6.36. The van der Waals surface area contributed by atoms with Crippen LogP contribution < -0.4 is 4.90 Å². The van der Waals surface area contributed by atoms with Gasteiger partial charge in [-0.25, -0.2) is 9.78 Å². The van der Waals surface area contributed by atoms with Crippen LogP contribution in [0.4, 0.5) is 19.0 Å². The highest BCUT2D eigenvalue weighted by Gasteiger charge is 2.36. The summed E-state index contributed by atoms with van der Waals surface area (Å²) in [4.78, 5) is 31.0. The zero-order chi connectivity index (χ0) is 20.3. The summed E-state index contributed by atoms with van der Waals surface area (Å²) in [5, 5.41) is 9.27. The molecule has 1 aliphatic rings. The third-order valence-electron chi connectivity index (χ3n) is 4.56. The van der Waals surface area contributed by atoms with Crippen LogP contribution in [0.2, 0.25) is 0 Å². The number of aromatic nitrogens is 1. The summed E-state index contributed by atoms with van der Waals surface area (Å²) in [5.41, 5.74) is -0.846. The summed E-state index contributed by atoms with van der Waals surface area (Å²) < 4.78 is 39.8. The van der Waals surface area contributed by atoms with Crippen molar-refractivity contribution in [1.82, 2.24) is 9.88 Å². The van der Waals surface area contributed by atoms with Crippen molar-refractivity contribution in [2.24, 2.45) is 0 Å². The maximum Gasteiger partial charge on any atom is 0.419 e. The Hall–Kier alpha value is -3.10. The average Bonchev–Trinajstić information content (AvgIpc) is 2.93. The smallest absolute Gasteiger partial charge is 0.419 e. The van der Waals surface area contributed by atoms with Crippen molar-refractivity contribution in [3.63, 3.8) is 0 Å². The molecule has 0 unspecified atom stereocenters. The van der Waals surface area contributed by atoms with Crippen LogP contribution in [0.1, 0.15) is 32.7 Å². The fraction of sp³-hybridized carbons (Fsp3) is 0.316. The minimum atomic E-state index is -4.52. The van der Waals surface area contributed by atoms with Crippen molar-refractivity contribution in [2.75, 3.05) is 31.1 Å². The van der Waals surface area contributed by atoms with Gasteiger partial charge in [-0.3, -0.25) is 4.79 Å². The van der Waals surface area contributed by atoms with E-state index in [4.69, 9.17) is 0 Å². The number of anilines is 1. The molecule has 148 valence electrons. The normalized spacial score (nSPS) is 15.2. The van der Waals surface area contributed by atoms with Gasteiger partial charge in [0.1, 0.15) is 5.82 Å². The lowest BCUT2D eigenvalue weighted by molar-refractivity contribution is -0.137. The quantitative estimate of drug-likeness (QED) is 0.867. The fourth-order valence-electron chi connectivity index (χ4n) is 3.23. The number of alkyl halides is 3. The lowest BCUT2D eigenvalue weighted by Crippen LogP contribution is -2.36. The maximum atomic E-state index is 13.3. The minimum Gasteiger partial charge on any atom is -0.478 e. The van der Waals surface area contributed by atoms with Crippen LogP contribution in [-0.4, -0.2) is 53.0 Å². The SMILES string of the molecule is O=C(O)c1ccccc1C(=O)N1CCCN(c2ncccc2C(F)(F)F)CC1. The first-order valence-corrected chi connectivity index (χ1v) is 8.68. The van der Waals surface area contributed by atoms with Crippen molar-refractivity contribution in [3.05, 3.63) is 59.3 Å². The van der Waals surface area contributed by atoms with E-state index < -0.39 is 23.6 Å². The molecule has 1 aromatic heterocycles. The molecule has 1 saturated heterocycles. The summed E-state index contributed by atoms with van der Waals surface area (Å²) >= 11 is 0. The number of carboxylic acid groups (broad SMARTS) is 1. The number of rotatable bonds is 3. The molecular formula is C19H18F3N3O3. The van der Waals surface area contributed by atoms with E-state index in [0.29, 0.717) is 19.5 Å². The van der Waals surface area contributed by atoms with Gasteiger partial charge in [0.05, 0.1) is 16.7 Å². The van der Waals surface area contributed by atoms with E-state index in [0.717, 1.165) is 6.07 Å². The minimum absolute atomic E-state index is 0.0669. The van der Waals surface area contributed by atoms with Gasteiger partial charge in [0.25, 0.3) is 5.91 Å². The lowest BCUT2D eigenvalue weighted by atomic mass is 10.1. The number of carbonyl (C=O) groups is 2.